The predicted octanol–water partition coefficient (Wildman–Crippen LogP) is 4.81. The van der Waals surface area contributed by atoms with Crippen LogP contribution in [0.25, 0.3) is 0 Å². The summed E-state index contributed by atoms with van der Waals surface area (Å²) in [6.45, 7) is 1.55. The first kappa shape index (κ1) is 16.4. The second-order valence-corrected chi connectivity index (χ2v) is 8.28. The summed E-state index contributed by atoms with van der Waals surface area (Å²) >= 11 is 0. The molecule has 27 heavy (non-hydrogen) atoms. The van der Waals surface area contributed by atoms with Crippen molar-refractivity contribution in [2.45, 2.75) is 38.1 Å². The molecule has 4 heteroatoms. The Morgan fingerprint density at radius 2 is 1.93 bits per heavy atom. The Bertz CT molecular complexity index is 943. The van der Waals surface area contributed by atoms with Crippen molar-refractivity contribution in [3.05, 3.63) is 59.2 Å². The highest BCUT2D eigenvalue weighted by Crippen LogP contribution is 2.63. The summed E-state index contributed by atoms with van der Waals surface area (Å²) in [5.41, 5.74) is 5.42. The van der Waals surface area contributed by atoms with Gasteiger partial charge in [-0.1, -0.05) is 12.1 Å². The second kappa shape index (κ2) is 6.13. The van der Waals surface area contributed by atoms with E-state index in [1.54, 1.807) is 6.92 Å². The largest absolute Gasteiger partial charge is 0.378 e. The van der Waals surface area contributed by atoms with Gasteiger partial charge >= 0.3 is 0 Å². The van der Waals surface area contributed by atoms with E-state index in [0.29, 0.717) is 17.4 Å². The van der Waals surface area contributed by atoms with Crippen molar-refractivity contribution in [1.29, 1.82) is 5.26 Å². The van der Waals surface area contributed by atoms with Crippen molar-refractivity contribution < 1.29 is 4.79 Å². The van der Waals surface area contributed by atoms with Crippen LogP contribution in [0.2, 0.25) is 0 Å². The van der Waals surface area contributed by atoms with Gasteiger partial charge in [0.2, 0.25) is 5.91 Å². The van der Waals surface area contributed by atoms with Gasteiger partial charge in [-0.2, -0.15) is 5.26 Å². The van der Waals surface area contributed by atoms with Crippen LogP contribution < -0.4 is 10.6 Å². The number of anilines is 2. The van der Waals surface area contributed by atoms with E-state index in [-0.39, 0.29) is 11.9 Å². The zero-order valence-corrected chi connectivity index (χ0v) is 15.4. The zero-order chi connectivity index (χ0) is 18.5. The average molecular weight is 357 g/mol. The Kier molecular flexibility index (Phi) is 3.72. The first-order chi connectivity index (χ1) is 13.1. The molecular weight excluding hydrogens is 334 g/mol. The molecule has 5 rings (SSSR count). The van der Waals surface area contributed by atoms with Crippen molar-refractivity contribution in [2.24, 2.45) is 17.8 Å². The third kappa shape index (κ3) is 2.61. The first-order valence-corrected chi connectivity index (χ1v) is 9.82. The lowest BCUT2D eigenvalue weighted by Crippen LogP contribution is -2.35. The van der Waals surface area contributed by atoms with Crippen molar-refractivity contribution in [3.8, 4) is 6.07 Å². The number of amides is 1. The molecular formula is C23H23N3O. The van der Waals surface area contributed by atoms with E-state index >= 15 is 0 Å². The smallest absolute Gasteiger partial charge is 0.221 e. The van der Waals surface area contributed by atoms with Crippen LogP contribution in [-0.2, 0) is 4.79 Å². The number of benzene rings is 2. The lowest BCUT2D eigenvalue weighted by Gasteiger charge is -2.43. The quantitative estimate of drug-likeness (QED) is 0.810. The number of fused-ring (bicyclic) bond motifs is 7. The van der Waals surface area contributed by atoms with Gasteiger partial charge in [0.25, 0.3) is 0 Å². The Balaban J connectivity index is 1.56. The van der Waals surface area contributed by atoms with E-state index in [2.05, 4.69) is 41.0 Å². The van der Waals surface area contributed by atoms with Gasteiger partial charge in [-0.25, -0.2) is 0 Å². The molecule has 0 radical (unpaired) electrons. The van der Waals surface area contributed by atoms with E-state index in [9.17, 15) is 4.79 Å². The van der Waals surface area contributed by atoms with Crippen molar-refractivity contribution in [3.63, 3.8) is 0 Å². The molecule has 1 amide bonds. The molecule has 5 atom stereocenters. The molecule has 0 unspecified atom stereocenters. The minimum atomic E-state index is -0.0290. The van der Waals surface area contributed by atoms with E-state index in [1.165, 1.54) is 36.1 Å². The third-order valence-electron chi connectivity index (χ3n) is 6.81. The highest BCUT2D eigenvalue weighted by Gasteiger charge is 2.53. The van der Waals surface area contributed by atoms with Crippen molar-refractivity contribution >= 4 is 17.3 Å². The molecule has 2 aliphatic carbocycles. The summed E-state index contributed by atoms with van der Waals surface area (Å²) in [7, 11) is 0. The highest BCUT2D eigenvalue weighted by molar-refractivity contribution is 5.89. The van der Waals surface area contributed by atoms with Crippen LogP contribution in [0.3, 0.4) is 0 Å². The van der Waals surface area contributed by atoms with Gasteiger partial charge in [-0.05, 0) is 84.4 Å². The maximum atomic E-state index is 11.5. The maximum Gasteiger partial charge on any atom is 0.221 e. The fourth-order valence-corrected chi connectivity index (χ4v) is 5.86. The molecule has 1 aliphatic heterocycles. The number of hydrogen-bond acceptors (Lipinski definition) is 3. The lowest BCUT2D eigenvalue weighted by atomic mass is 9.68. The lowest BCUT2D eigenvalue weighted by molar-refractivity contribution is -0.114. The molecule has 2 saturated carbocycles. The Hall–Kier alpha value is -2.80. The normalized spacial score (nSPS) is 30.0. The minimum absolute atomic E-state index is 0.0290. The van der Waals surface area contributed by atoms with Gasteiger partial charge in [0.1, 0.15) is 0 Å². The first-order valence-electron chi connectivity index (χ1n) is 9.82. The van der Waals surface area contributed by atoms with Crippen LogP contribution in [-0.4, -0.2) is 5.91 Å². The van der Waals surface area contributed by atoms with Crippen LogP contribution in [0.15, 0.2) is 42.5 Å². The summed E-state index contributed by atoms with van der Waals surface area (Å²) in [4.78, 5) is 11.5. The molecule has 3 aliphatic rings. The van der Waals surface area contributed by atoms with Crippen molar-refractivity contribution in [2.75, 3.05) is 10.6 Å². The van der Waals surface area contributed by atoms with E-state index in [4.69, 9.17) is 5.26 Å². The number of rotatable bonds is 2. The van der Waals surface area contributed by atoms with Crippen LogP contribution in [0.1, 0.15) is 54.8 Å². The van der Waals surface area contributed by atoms with Crippen LogP contribution >= 0.6 is 0 Å². The molecule has 2 aromatic rings. The maximum absolute atomic E-state index is 11.5. The third-order valence-corrected chi connectivity index (χ3v) is 6.81. The predicted molar refractivity (Wildman–Crippen MR) is 105 cm³/mol. The molecule has 0 spiro atoms. The molecule has 2 bridgehead atoms. The van der Waals surface area contributed by atoms with Crippen LogP contribution in [0, 0.1) is 29.1 Å². The summed E-state index contributed by atoms with van der Waals surface area (Å²) < 4.78 is 0. The number of nitrogens with one attached hydrogen (secondary N) is 2. The molecule has 2 N–H and O–H groups in total. The Labute approximate surface area is 159 Å². The highest BCUT2D eigenvalue weighted by atomic mass is 16.1. The minimum Gasteiger partial charge on any atom is -0.378 e. The number of carbonyl (C=O) groups is 1. The monoisotopic (exact) mass is 357 g/mol. The van der Waals surface area contributed by atoms with Gasteiger partial charge in [0.05, 0.1) is 17.7 Å². The second-order valence-electron chi connectivity index (χ2n) is 8.28. The molecule has 4 nitrogen and oxygen atoms in total. The number of hydrogen-bond donors (Lipinski definition) is 2. The summed E-state index contributed by atoms with van der Waals surface area (Å²) in [6, 6.07) is 16.8. The molecule has 0 saturated heterocycles. The van der Waals surface area contributed by atoms with Gasteiger partial charge in [-0.3, -0.25) is 4.79 Å². The van der Waals surface area contributed by atoms with Gasteiger partial charge in [0, 0.05) is 18.3 Å². The standard InChI is InChI=1S/C23H23N3O/c1-13(27)25-18-8-9-20-19(11-18)21-16-6-7-17(10-16)22(21)23(26-20)15-4-2-14(12-24)3-5-15/h2-5,8-9,11,16-17,21-23,26H,6-7,10H2,1H3,(H,25,27)/t16-,17-,21+,22+,23+/m1/s1. The Morgan fingerprint density at radius 3 is 2.67 bits per heavy atom. The zero-order valence-electron chi connectivity index (χ0n) is 15.4. The number of nitriles is 1. The van der Waals surface area contributed by atoms with E-state index in [0.717, 1.165) is 17.5 Å². The topological polar surface area (TPSA) is 64.9 Å². The van der Waals surface area contributed by atoms with E-state index in [1.807, 2.05) is 18.2 Å². The fraction of sp³-hybridized carbons (Fsp3) is 0.391. The molecule has 2 fully saturated rings. The van der Waals surface area contributed by atoms with Gasteiger partial charge in [0.15, 0.2) is 0 Å². The molecule has 2 aromatic carbocycles. The van der Waals surface area contributed by atoms with Crippen molar-refractivity contribution in [1.82, 2.24) is 0 Å². The fourth-order valence-electron chi connectivity index (χ4n) is 5.86. The van der Waals surface area contributed by atoms with E-state index < -0.39 is 0 Å². The summed E-state index contributed by atoms with van der Waals surface area (Å²) in [5, 5.41) is 15.8. The SMILES string of the molecule is CC(=O)Nc1ccc2c(c1)[C@@H]1[C@@H]3CC[C@H](C3)[C@@H]1[C@H](c1ccc(C#N)cc1)N2. The van der Waals surface area contributed by atoms with Gasteiger partial charge < -0.3 is 10.6 Å². The molecule has 1 heterocycles. The number of carbonyl (C=O) groups excluding carboxylic acids is 1. The van der Waals surface area contributed by atoms with Crippen LogP contribution in [0.5, 0.6) is 0 Å². The number of nitrogens with zero attached hydrogens (tertiary/aromatic N) is 1. The summed E-state index contributed by atoms with van der Waals surface area (Å²) in [6.07, 6.45) is 3.95. The molecule has 136 valence electrons. The van der Waals surface area contributed by atoms with Crippen LogP contribution in [0.4, 0.5) is 11.4 Å². The Morgan fingerprint density at radius 1 is 1.15 bits per heavy atom. The average Bonchev–Trinajstić information content (AvgIpc) is 3.29. The summed E-state index contributed by atoms with van der Waals surface area (Å²) in [5.74, 6) is 2.60. The molecule has 0 aromatic heterocycles. The van der Waals surface area contributed by atoms with Gasteiger partial charge in [-0.15, -0.1) is 0 Å².